The number of Topliss-reactive ketones (excluding diaryl/α,β-unsaturated/α-hetero) is 1. The smallest absolute Gasteiger partial charge is 0.295 e. The third kappa shape index (κ3) is 4.44. The molecule has 5 nitrogen and oxygen atoms in total. The van der Waals surface area contributed by atoms with Gasteiger partial charge in [-0.3, -0.25) is 9.59 Å². The fourth-order valence-electron chi connectivity index (χ4n) is 3.71. The van der Waals surface area contributed by atoms with Crippen LogP contribution >= 0.6 is 0 Å². The predicted molar refractivity (Wildman–Crippen MR) is 114 cm³/mol. The third-order valence-electron chi connectivity index (χ3n) is 5.37. The summed E-state index contributed by atoms with van der Waals surface area (Å²) in [5, 5.41) is 10.9. The molecule has 1 amide bonds. The molecular formula is C24H27FN2O3. The predicted octanol–water partition coefficient (Wildman–Crippen LogP) is 3.76. The molecule has 1 unspecified atom stereocenters. The Morgan fingerprint density at radius 1 is 1.07 bits per heavy atom. The molecule has 1 aliphatic heterocycles. The zero-order valence-corrected chi connectivity index (χ0v) is 17.6. The zero-order valence-electron chi connectivity index (χ0n) is 17.6. The molecule has 0 saturated carbocycles. The van der Waals surface area contributed by atoms with Crippen molar-refractivity contribution >= 4 is 17.4 Å². The summed E-state index contributed by atoms with van der Waals surface area (Å²) in [6.07, 6.45) is 1.57. The molecular weight excluding hydrogens is 383 g/mol. The van der Waals surface area contributed by atoms with Gasteiger partial charge in [0, 0.05) is 12.1 Å². The number of carbonyl (C=O) groups excluding carboxylic acids is 2. The minimum absolute atomic E-state index is 0.0423. The molecule has 0 aromatic heterocycles. The lowest BCUT2D eigenvalue weighted by Crippen LogP contribution is -2.32. The van der Waals surface area contributed by atoms with Crippen molar-refractivity contribution in [1.82, 2.24) is 9.80 Å². The van der Waals surface area contributed by atoms with Gasteiger partial charge in [-0.25, -0.2) is 4.39 Å². The van der Waals surface area contributed by atoms with Gasteiger partial charge in [-0.2, -0.15) is 0 Å². The molecule has 1 heterocycles. The van der Waals surface area contributed by atoms with Crippen molar-refractivity contribution in [3.63, 3.8) is 0 Å². The van der Waals surface area contributed by atoms with Gasteiger partial charge in [0.25, 0.3) is 11.7 Å². The molecule has 0 radical (unpaired) electrons. The van der Waals surface area contributed by atoms with E-state index in [2.05, 4.69) is 6.92 Å². The number of hydrogen-bond acceptors (Lipinski definition) is 4. The number of carbonyl (C=O) groups is 2. The number of benzene rings is 2. The Balaban J connectivity index is 2.07. The van der Waals surface area contributed by atoms with E-state index in [0.717, 1.165) is 24.1 Å². The van der Waals surface area contributed by atoms with Crippen LogP contribution in [0.1, 0.15) is 36.1 Å². The van der Waals surface area contributed by atoms with E-state index in [-0.39, 0.29) is 11.3 Å². The average Bonchev–Trinajstić information content (AvgIpc) is 2.98. The molecule has 0 aliphatic carbocycles. The fourth-order valence-corrected chi connectivity index (χ4v) is 3.71. The van der Waals surface area contributed by atoms with Gasteiger partial charge >= 0.3 is 0 Å². The minimum Gasteiger partial charge on any atom is -0.507 e. The van der Waals surface area contributed by atoms with E-state index in [0.29, 0.717) is 18.5 Å². The standard InChI is InChI=1S/C24H27FN2O3/c1-4-16-6-8-17(9-7-16)21-20(22(28)18-10-12-19(25)13-11-18)23(29)24(30)27(21)15-5-14-26(2)3/h6-13,21,28H,4-5,14-15H2,1-3H3/b22-20-. The summed E-state index contributed by atoms with van der Waals surface area (Å²) in [6.45, 7) is 3.21. The van der Waals surface area contributed by atoms with Crippen LogP contribution in [0.3, 0.4) is 0 Å². The van der Waals surface area contributed by atoms with Crippen LogP contribution in [0.2, 0.25) is 0 Å². The van der Waals surface area contributed by atoms with Gasteiger partial charge in [0.15, 0.2) is 0 Å². The van der Waals surface area contributed by atoms with Crippen molar-refractivity contribution in [3.8, 4) is 0 Å². The van der Waals surface area contributed by atoms with Crippen LogP contribution in [0.25, 0.3) is 5.76 Å². The topological polar surface area (TPSA) is 60.9 Å². The second-order valence-electron chi connectivity index (χ2n) is 7.75. The monoisotopic (exact) mass is 410 g/mol. The minimum atomic E-state index is -0.716. The van der Waals surface area contributed by atoms with Crippen LogP contribution in [0.5, 0.6) is 0 Å². The number of halogens is 1. The van der Waals surface area contributed by atoms with E-state index >= 15 is 0 Å². The SMILES string of the molecule is CCc1ccc(C2/C(=C(/O)c3ccc(F)cc3)C(=O)C(=O)N2CCCN(C)C)cc1. The highest BCUT2D eigenvalue weighted by Crippen LogP contribution is 2.39. The molecule has 1 fully saturated rings. The van der Waals surface area contributed by atoms with Crippen LogP contribution < -0.4 is 0 Å². The maximum absolute atomic E-state index is 13.3. The highest BCUT2D eigenvalue weighted by molar-refractivity contribution is 6.46. The number of aliphatic hydroxyl groups excluding tert-OH is 1. The molecule has 0 bridgehead atoms. The van der Waals surface area contributed by atoms with Crippen molar-refractivity contribution in [3.05, 3.63) is 76.6 Å². The van der Waals surface area contributed by atoms with E-state index in [1.165, 1.54) is 29.2 Å². The Hall–Kier alpha value is -2.99. The van der Waals surface area contributed by atoms with Crippen LogP contribution in [-0.2, 0) is 16.0 Å². The van der Waals surface area contributed by atoms with Crippen LogP contribution in [0.4, 0.5) is 4.39 Å². The lowest BCUT2D eigenvalue weighted by atomic mass is 9.94. The molecule has 30 heavy (non-hydrogen) atoms. The summed E-state index contributed by atoms with van der Waals surface area (Å²) in [6, 6.07) is 12.3. The summed E-state index contributed by atoms with van der Waals surface area (Å²) < 4.78 is 13.3. The first-order valence-electron chi connectivity index (χ1n) is 10.1. The lowest BCUT2D eigenvalue weighted by Gasteiger charge is -2.26. The van der Waals surface area contributed by atoms with E-state index < -0.39 is 23.5 Å². The number of nitrogens with zero attached hydrogens (tertiary/aromatic N) is 2. The van der Waals surface area contributed by atoms with Gasteiger partial charge in [-0.1, -0.05) is 31.2 Å². The Morgan fingerprint density at radius 3 is 2.27 bits per heavy atom. The first-order chi connectivity index (χ1) is 14.3. The van der Waals surface area contributed by atoms with Gasteiger partial charge in [0.1, 0.15) is 11.6 Å². The fraction of sp³-hybridized carbons (Fsp3) is 0.333. The number of likely N-dealkylation sites (tertiary alicyclic amines) is 1. The van der Waals surface area contributed by atoms with E-state index in [1.807, 2.05) is 43.3 Å². The van der Waals surface area contributed by atoms with Gasteiger partial charge in [-0.05, 0) is 68.9 Å². The summed E-state index contributed by atoms with van der Waals surface area (Å²) in [4.78, 5) is 29.3. The lowest BCUT2D eigenvalue weighted by molar-refractivity contribution is -0.139. The van der Waals surface area contributed by atoms with E-state index in [4.69, 9.17) is 0 Å². The zero-order chi connectivity index (χ0) is 21.8. The van der Waals surface area contributed by atoms with Crippen molar-refractivity contribution in [2.45, 2.75) is 25.8 Å². The number of aliphatic hydroxyl groups is 1. The molecule has 3 rings (SSSR count). The Bertz CT molecular complexity index is 949. The maximum Gasteiger partial charge on any atom is 0.295 e. The molecule has 6 heteroatoms. The van der Waals surface area contributed by atoms with E-state index in [1.54, 1.807) is 0 Å². The first kappa shape index (κ1) is 21.7. The molecule has 0 spiro atoms. The number of rotatable bonds is 7. The second-order valence-corrected chi connectivity index (χ2v) is 7.75. The van der Waals surface area contributed by atoms with Crippen molar-refractivity contribution in [1.29, 1.82) is 0 Å². The molecule has 158 valence electrons. The Morgan fingerprint density at radius 2 is 1.70 bits per heavy atom. The molecule has 1 atom stereocenters. The summed E-state index contributed by atoms with van der Waals surface area (Å²) in [5.41, 5.74) is 2.25. The molecule has 1 N–H and O–H groups in total. The number of aryl methyl sites for hydroxylation is 1. The summed E-state index contributed by atoms with van der Waals surface area (Å²) >= 11 is 0. The van der Waals surface area contributed by atoms with Crippen LogP contribution in [0.15, 0.2) is 54.1 Å². The van der Waals surface area contributed by atoms with Gasteiger partial charge in [0.2, 0.25) is 0 Å². The largest absolute Gasteiger partial charge is 0.507 e. The highest BCUT2D eigenvalue weighted by Gasteiger charge is 2.45. The Labute approximate surface area is 176 Å². The van der Waals surface area contributed by atoms with E-state index in [9.17, 15) is 19.1 Å². The highest BCUT2D eigenvalue weighted by atomic mass is 19.1. The van der Waals surface area contributed by atoms with Crippen LogP contribution in [-0.4, -0.2) is 53.8 Å². The molecule has 2 aromatic carbocycles. The Kier molecular flexibility index (Phi) is 6.67. The maximum atomic E-state index is 13.3. The van der Waals surface area contributed by atoms with Crippen molar-refractivity contribution in [2.75, 3.05) is 27.2 Å². The van der Waals surface area contributed by atoms with Crippen LogP contribution in [0, 0.1) is 5.82 Å². The summed E-state index contributed by atoms with van der Waals surface area (Å²) in [5.74, 6) is -2.07. The van der Waals surface area contributed by atoms with Crippen molar-refractivity contribution < 1.29 is 19.1 Å². The first-order valence-corrected chi connectivity index (χ1v) is 10.1. The molecule has 2 aromatic rings. The quantitative estimate of drug-likeness (QED) is 0.429. The average molecular weight is 410 g/mol. The van der Waals surface area contributed by atoms with Gasteiger partial charge in [-0.15, -0.1) is 0 Å². The molecule has 1 aliphatic rings. The summed E-state index contributed by atoms with van der Waals surface area (Å²) in [7, 11) is 3.90. The normalized spacial score (nSPS) is 18.4. The van der Waals surface area contributed by atoms with Gasteiger partial charge in [0.05, 0.1) is 11.6 Å². The molecule has 1 saturated heterocycles. The van der Waals surface area contributed by atoms with Gasteiger partial charge < -0.3 is 14.9 Å². The number of amides is 1. The third-order valence-corrected chi connectivity index (χ3v) is 5.37. The number of ketones is 1. The number of hydrogen-bond donors (Lipinski definition) is 1. The second kappa shape index (κ2) is 9.22. The van der Waals surface area contributed by atoms with Crippen molar-refractivity contribution in [2.24, 2.45) is 0 Å².